The second-order valence-corrected chi connectivity index (χ2v) is 11.6. The van der Waals surface area contributed by atoms with Gasteiger partial charge in [0.2, 0.25) is 5.91 Å². The number of aromatic hydroxyl groups is 1. The first kappa shape index (κ1) is 28.4. The highest BCUT2D eigenvalue weighted by Gasteiger charge is 2.43. The van der Waals surface area contributed by atoms with E-state index in [4.69, 9.17) is 10.5 Å². The topological polar surface area (TPSA) is 122 Å². The summed E-state index contributed by atoms with van der Waals surface area (Å²) >= 11 is 0. The maximum Gasteiger partial charge on any atom is 0.338 e. The average Bonchev–Trinajstić information content (AvgIpc) is 3.68. The summed E-state index contributed by atoms with van der Waals surface area (Å²) in [6.07, 6.45) is 4.26. The third-order valence-electron chi connectivity index (χ3n) is 7.65. The average molecular weight is 538 g/mol. The van der Waals surface area contributed by atoms with E-state index in [9.17, 15) is 19.5 Å². The standard InChI is InChI=1S/C30H40N4O5/c1-20(2)39-29(37)23-10-12-24(13-11-23)32-30(38)33(25-5-4-16-34(3,19-25)18-22-6-7-22)27(28(31)36)17-21-8-14-26(35)15-9-21/h8-15,20,22,25,27H,4-7,16-19H2,1-3H3,(H3-,31,32,35,36,37,38)/p+1/t25-,27+,34?/m1/s1. The SMILES string of the molecule is CC(C)OC(=O)c1ccc(NC(=O)N([C@@H]2CCC[N+](C)(CC3CC3)C2)[C@@H](Cc2ccc(O)cc2)C(N)=O)cc1. The highest BCUT2D eigenvalue weighted by atomic mass is 16.5. The molecular weight excluding hydrogens is 496 g/mol. The molecule has 0 spiro atoms. The van der Waals surface area contributed by atoms with Crippen molar-refractivity contribution in [2.45, 2.75) is 64.1 Å². The minimum atomic E-state index is -0.868. The van der Waals surface area contributed by atoms with E-state index in [-0.39, 0.29) is 24.3 Å². The summed E-state index contributed by atoms with van der Waals surface area (Å²) in [5.41, 5.74) is 7.63. The minimum Gasteiger partial charge on any atom is -0.508 e. The van der Waals surface area contributed by atoms with E-state index in [2.05, 4.69) is 12.4 Å². The monoisotopic (exact) mass is 537 g/mol. The lowest BCUT2D eigenvalue weighted by molar-refractivity contribution is -0.917. The number of benzene rings is 2. The first-order valence-electron chi connectivity index (χ1n) is 13.8. The number of amides is 3. The number of piperidine rings is 1. The van der Waals surface area contributed by atoms with Crippen LogP contribution in [0.4, 0.5) is 10.5 Å². The van der Waals surface area contributed by atoms with Crippen molar-refractivity contribution in [3.05, 3.63) is 59.7 Å². The van der Waals surface area contributed by atoms with Gasteiger partial charge in [0.1, 0.15) is 11.8 Å². The maximum absolute atomic E-state index is 13.9. The Hall–Kier alpha value is -3.59. The van der Waals surface area contributed by atoms with Crippen LogP contribution >= 0.6 is 0 Å². The van der Waals surface area contributed by atoms with Crippen molar-refractivity contribution in [1.29, 1.82) is 0 Å². The molecule has 1 unspecified atom stereocenters. The summed E-state index contributed by atoms with van der Waals surface area (Å²) in [6, 6.07) is 11.7. The summed E-state index contributed by atoms with van der Waals surface area (Å²) in [5, 5.41) is 12.6. The molecule has 0 bridgehead atoms. The Balaban J connectivity index is 1.58. The Labute approximate surface area is 230 Å². The number of rotatable bonds is 10. The second kappa shape index (κ2) is 12.1. The Morgan fingerprint density at radius 1 is 1.08 bits per heavy atom. The number of likely N-dealkylation sites (tertiary alicyclic amines) is 1. The molecule has 1 saturated carbocycles. The first-order valence-corrected chi connectivity index (χ1v) is 13.8. The zero-order valence-electron chi connectivity index (χ0n) is 23.1. The molecule has 4 N–H and O–H groups in total. The van der Waals surface area contributed by atoms with Crippen molar-refractivity contribution in [2.75, 3.05) is 32.0 Å². The molecule has 2 aromatic carbocycles. The molecule has 3 amide bonds. The predicted octanol–water partition coefficient (Wildman–Crippen LogP) is 3.91. The van der Waals surface area contributed by atoms with Crippen molar-refractivity contribution in [1.82, 2.24) is 4.90 Å². The molecule has 1 aliphatic carbocycles. The number of urea groups is 1. The van der Waals surface area contributed by atoms with Crippen LogP contribution in [-0.2, 0) is 16.0 Å². The Kier molecular flexibility index (Phi) is 8.80. The van der Waals surface area contributed by atoms with Crippen molar-refractivity contribution in [3.63, 3.8) is 0 Å². The van der Waals surface area contributed by atoms with E-state index in [1.165, 1.54) is 12.8 Å². The van der Waals surface area contributed by atoms with Gasteiger partial charge in [-0.2, -0.15) is 0 Å². The highest BCUT2D eigenvalue weighted by Crippen LogP contribution is 2.34. The van der Waals surface area contributed by atoms with Crippen LogP contribution < -0.4 is 11.1 Å². The van der Waals surface area contributed by atoms with Crippen molar-refractivity contribution < 1.29 is 28.7 Å². The van der Waals surface area contributed by atoms with Crippen LogP contribution in [-0.4, -0.2) is 77.3 Å². The quantitative estimate of drug-likeness (QED) is 0.313. The lowest BCUT2D eigenvalue weighted by atomic mass is 9.96. The molecule has 9 nitrogen and oxygen atoms in total. The Bertz CT molecular complexity index is 1160. The van der Waals surface area contributed by atoms with Gasteiger partial charge in [-0.25, -0.2) is 9.59 Å². The van der Waals surface area contributed by atoms with Crippen LogP contribution in [0.5, 0.6) is 5.75 Å². The molecular formula is C30H41N4O5+. The lowest BCUT2D eigenvalue weighted by Crippen LogP contribution is -2.63. The fourth-order valence-corrected chi connectivity index (χ4v) is 5.63. The molecule has 4 rings (SSSR count). The number of phenols is 1. The normalized spacial score (nSPS) is 21.7. The van der Waals surface area contributed by atoms with Gasteiger partial charge in [-0.1, -0.05) is 12.1 Å². The highest BCUT2D eigenvalue weighted by molar-refractivity contribution is 5.95. The van der Waals surface area contributed by atoms with Gasteiger partial charge in [-0.3, -0.25) is 4.79 Å². The van der Waals surface area contributed by atoms with Gasteiger partial charge in [0.05, 0.1) is 44.4 Å². The third kappa shape index (κ3) is 7.72. The molecule has 210 valence electrons. The number of nitrogens with zero attached hydrogens (tertiary/aromatic N) is 2. The van der Waals surface area contributed by atoms with E-state index in [0.717, 1.165) is 48.4 Å². The number of nitrogens with one attached hydrogen (secondary N) is 1. The molecule has 3 atom stereocenters. The van der Waals surface area contributed by atoms with Gasteiger partial charge in [0, 0.05) is 18.0 Å². The van der Waals surface area contributed by atoms with E-state index in [1.54, 1.807) is 67.3 Å². The number of carbonyl (C=O) groups excluding carboxylic acids is 3. The number of anilines is 1. The van der Waals surface area contributed by atoms with Gasteiger partial charge in [0.15, 0.2) is 0 Å². The van der Waals surface area contributed by atoms with Crippen molar-refractivity contribution in [3.8, 4) is 5.75 Å². The van der Waals surface area contributed by atoms with Gasteiger partial charge in [-0.15, -0.1) is 0 Å². The largest absolute Gasteiger partial charge is 0.508 e. The van der Waals surface area contributed by atoms with Crippen LogP contribution in [0.3, 0.4) is 0 Å². The molecule has 2 aliphatic rings. The van der Waals surface area contributed by atoms with Crippen LogP contribution in [0.25, 0.3) is 0 Å². The summed E-state index contributed by atoms with van der Waals surface area (Å²) in [7, 11) is 2.24. The third-order valence-corrected chi connectivity index (χ3v) is 7.65. The van der Waals surface area contributed by atoms with Gasteiger partial charge < -0.3 is 30.3 Å². The van der Waals surface area contributed by atoms with Gasteiger partial charge in [-0.05, 0) is 81.5 Å². The van der Waals surface area contributed by atoms with E-state index >= 15 is 0 Å². The molecule has 0 radical (unpaired) electrons. The molecule has 2 aromatic rings. The zero-order valence-corrected chi connectivity index (χ0v) is 23.1. The molecule has 1 aliphatic heterocycles. The number of esters is 1. The van der Waals surface area contributed by atoms with Crippen LogP contribution in [0, 0.1) is 5.92 Å². The molecule has 2 fully saturated rings. The van der Waals surface area contributed by atoms with E-state index in [1.807, 2.05) is 0 Å². The lowest BCUT2D eigenvalue weighted by Gasteiger charge is -2.46. The predicted molar refractivity (Wildman–Crippen MR) is 149 cm³/mol. The van der Waals surface area contributed by atoms with Gasteiger partial charge >= 0.3 is 12.0 Å². The van der Waals surface area contributed by atoms with E-state index in [0.29, 0.717) is 11.3 Å². The van der Waals surface area contributed by atoms with Crippen LogP contribution in [0.2, 0.25) is 0 Å². The summed E-state index contributed by atoms with van der Waals surface area (Å²) in [6.45, 7) is 6.46. The Morgan fingerprint density at radius 2 is 1.74 bits per heavy atom. The van der Waals surface area contributed by atoms with Crippen molar-refractivity contribution >= 4 is 23.6 Å². The number of phenolic OH excluding ortho intramolecular Hbond substituents is 1. The minimum absolute atomic E-state index is 0.130. The number of primary amides is 1. The number of carbonyl (C=O) groups is 3. The molecule has 1 saturated heterocycles. The van der Waals surface area contributed by atoms with Crippen LogP contribution in [0.15, 0.2) is 48.5 Å². The first-order chi connectivity index (χ1) is 18.5. The summed E-state index contributed by atoms with van der Waals surface area (Å²) < 4.78 is 6.12. The van der Waals surface area contributed by atoms with E-state index < -0.39 is 23.9 Å². The molecule has 0 aromatic heterocycles. The number of hydrogen-bond acceptors (Lipinski definition) is 5. The smallest absolute Gasteiger partial charge is 0.338 e. The van der Waals surface area contributed by atoms with Crippen molar-refractivity contribution in [2.24, 2.45) is 11.7 Å². The second-order valence-electron chi connectivity index (χ2n) is 11.6. The number of likely N-dealkylation sites (N-methyl/N-ethyl adjacent to an activating group) is 1. The fourth-order valence-electron chi connectivity index (χ4n) is 5.63. The summed E-state index contributed by atoms with van der Waals surface area (Å²) in [4.78, 5) is 40.6. The maximum atomic E-state index is 13.9. The Morgan fingerprint density at radius 3 is 2.33 bits per heavy atom. The molecule has 1 heterocycles. The number of nitrogens with two attached hydrogens (primary N) is 1. The van der Waals surface area contributed by atoms with Crippen LogP contribution in [0.1, 0.15) is 55.5 Å². The molecule has 39 heavy (non-hydrogen) atoms. The fraction of sp³-hybridized carbons (Fsp3) is 0.500. The number of hydrogen-bond donors (Lipinski definition) is 3. The number of quaternary nitrogens is 1. The zero-order chi connectivity index (χ0) is 28.2. The molecule has 9 heteroatoms. The number of ether oxygens (including phenoxy) is 1. The van der Waals surface area contributed by atoms with Gasteiger partial charge in [0.25, 0.3) is 0 Å². The summed E-state index contributed by atoms with van der Waals surface area (Å²) in [5.74, 6) is -0.139.